The zero-order chi connectivity index (χ0) is 23.4. The highest BCUT2D eigenvalue weighted by atomic mass is 32.2. The van der Waals surface area contributed by atoms with Gasteiger partial charge >= 0.3 is 0 Å². The normalized spacial score (nSPS) is 13.5. The van der Waals surface area contributed by atoms with Gasteiger partial charge in [-0.3, -0.25) is 18.2 Å². The molecule has 0 aliphatic rings. The number of anilines is 1. The Labute approximate surface area is 170 Å². The number of aromatic hydroxyl groups is 1. The molecule has 0 saturated carbocycles. The quantitative estimate of drug-likeness (QED) is 0.278. The predicted octanol–water partition coefficient (Wildman–Crippen LogP) is -0.149. The number of benzene rings is 2. The van der Waals surface area contributed by atoms with E-state index >= 15 is 0 Å². The van der Waals surface area contributed by atoms with Gasteiger partial charge < -0.3 is 10.4 Å². The number of aryl methyl sites for hydroxylation is 1. The molecule has 0 heterocycles. The van der Waals surface area contributed by atoms with Gasteiger partial charge in [0.05, 0.1) is 5.69 Å². The van der Waals surface area contributed by atoms with Crippen LogP contribution in [0.1, 0.15) is 5.56 Å². The molecule has 168 valence electrons. The van der Waals surface area contributed by atoms with Gasteiger partial charge in [-0.1, -0.05) is 0 Å². The van der Waals surface area contributed by atoms with Crippen LogP contribution in [0.15, 0.2) is 26.8 Å². The highest BCUT2D eigenvalue weighted by molar-refractivity contribution is 7.89. The van der Waals surface area contributed by atoms with Crippen LogP contribution in [0.5, 0.6) is 5.75 Å². The topological polar surface area (TPSA) is 250 Å². The molecule has 0 amide bonds. The van der Waals surface area contributed by atoms with Gasteiger partial charge in [0.15, 0.2) is 4.90 Å². The summed E-state index contributed by atoms with van der Waals surface area (Å²) in [5.41, 5.74) is -1.12. The first kappa shape index (κ1) is 24.2. The second-order valence-electron chi connectivity index (χ2n) is 5.85. The van der Waals surface area contributed by atoms with Crippen LogP contribution in [0.2, 0.25) is 0 Å². The Morgan fingerprint density at radius 2 is 1.27 bits per heavy atom. The van der Waals surface area contributed by atoms with Crippen molar-refractivity contribution in [3.8, 4) is 5.75 Å². The predicted molar refractivity (Wildman–Crippen MR) is 99.8 cm³/mol. The molecular weight excluding hydrogens is 494 g/mol. The molecule has 0 saturated heterocycles. The van der Waals surface area contributed by atoms with E-state index in [0.717, 1.165) is 6.92 Å². The monoisotopic (exact) mass is 507 g/mol. The van der Waals surface area contributed by atoms with Crippen molar-refractivity contribution in [3.63, 3.8) is 0 Å². The van der Waals surface area contributed by atoms with Crippen molar-refractivity contribution in [2.24, 2.45) is 0 Å². The van der Waals surface area contributed by atoms with Crippen LogP contribution < -0.4 is 5.32 Å². The molecule has 0 fully saturated rings. The lowest BCUT2D eigenvalue weighted by Gasteiger charge is -2.18. The Bertz CT molecular complexity index is 1490. The van der Waals surface area contributed by atoms with Gasteiger partial charge in [0, 0.05) is 5.39 Å². The highest BCUT2D eigenvalue weighted by Crippen LogP contribution is 2.43. The SMILES string of the molecule is Cc1c(NCS(=O)(=O)O)c(S(=O)(=O)O)cc2cc(S(=O)(=O)O)c(S(=O)(=O)O)c(O)c12. The zero-order valence-electron chi connectivity index (χ0n) is 14.5. The average molecular weight is 507 g/mol. The lowest BCUT2D eigenvalue weighted by molar-refractivity contribution is 0.435. The van der Waals surface area contributed by atoms with Gasteiger partial charge in [0.1, 0.15) is 21.4 Å². The van der Waals surface area contributed by atoms with Crippen LogP contribution in [-0.4, -0.2) is 62.9 Å². The molecular formula is C12H13NO13S4. The van der Waals surface area contributed by atoms with Gasteiger partial charge in [-0.2, -0.15) is 33.7 Å². The van der Waals surface area contributed by atoms with Crippen LogP contribution in [0.25, 0.3) is 10.8 Å². The maximum absolute atomic E-state index is 11.7. The molecule has 0 atom stereocenters. The lowest BCUT2D eigenvalue weighted by atomic mass is 10.0. The van der Waals surface area contributed by atoms with Gasteiger partial charge in [0.2, 0.25) is 0 Å². The molecule has 2 rings (SSSR count). The van der Waals surface area contributed by atoms with Gasteiger partial charge in [-0.15, -0.1) is 0 Å². The smallest absolute Gasteiger partial charge is 0.299 e. The maximum atomic E-state index is 11.7. The minimum Gasteiger partial charge on any atom is -0.506 e. The van der Waals surface area contributed by atoms with Gasteiger partial charge in [0.25, 0.3) is 40.5 Å². The van der Waals surface area contributed by atoms with Crippen molar-refractivity contribution >= 4 is 56.9 Å². The van der Waals surface area contributed by atoms with Gasteiger partial charge in [-0.05, 0) is 30.0 Å². The molecule has 0 unspecified atom stereocenters. The summed E-state index contributed by atoms with van der Waals surface area (Å²) in [5.74, 6) is -2.69. The summed E-state index contributed by atoms with van der Waals surface area (Å²) in [6, 6.07) is 0.938. The number of hydrogen-bond donors (Lipinski definition) is 6. The number of rotatable bonds is 6. The van der Waals surface area contributed by atoms with Crippen LogP contribution >= 0.6 is 0 Å². The second kappa shape index (κ2) is 7.27. The Morgan fingerprint density at radius 1 is 0.800 bits per heavy atom. The molecule has 6 N–H and O–H groups in total. The summed E-state index contributed by atoms with van der Waals surface area (Å²) >= 11 is 0. The molecule has 0 radical (unpaired) electrons. The standard InChI is InChI=1S/C12H13NO13S4/c1-5-9-6(2-7(28(18,19)20)10(5)13-4-27(15,16)17)3-8(29(21,22)23)12(11(9)14)30(24,25)26/h2-3,13-14H,4H2,1H3,(H,15,16,17)(H,18,19,20)(H,21,22,23)(H,24,25,26). The number of phenols is 1. The van der Waals surface area contributed by atoms with E-state index in [4.69, 9.17) is 4.55 Å². The first-order chi connectivity index (χ1) is 13.2. The number of phenolic OH excluding ortho intramolecular Hbond substituents is 1. The maximum Gasteiger partial charge on any atom is 0.299 e. The van der Waals surface area contributed by atoms with E-state index in [1.54, 1.807) is 0 Å². The molecule has 18 heteroatoms. The minimum atomic E-state index is -5.46. The molecule has 0 aliphatic heterocycles. The summed E-state index contributed by atoms with van der Waals surface area (Å²) in [5, 5.41) is 11.2. The van der Waals surface area contributed by atoms with Crippen LogP contribution in [0.3, 0.4) is 0 Å². The van der Waals surface area contributed by atoms with E-state index < -0.39 is 88.8 Å². The van der Waals surface area contributed by atoms with E-state index in [2.05, 4.69) is 0 Å². The third-order valence-corrected chi connectivity index (χ3v) is 7.10. The molecule has 2 aromatic carbocycles. The molecule has 30 heavy (non-hydrogen) atoms. The first-order valence-corrected chi connectivity index (χ1v) is 13.1. The minimum absolute atomic E-state index is 0.404. The fourth-order valence-electron chi connectivity index (χ4n) is 2.70. The van der Waals surface area contributed by atoms with E-state index in [-0.39, 0.29) is 0 Å². The van der Waals surface area contributed by atoms with E-state index in [1.165, 1.54) is 0 Å². The van der Waals surface area contributed by atoms with Crippen molar-refractivity contribution in [1.82, 2.24) is 0 Å². The zero-order valence-corrected chi connectivity index (χ0v) is 17.8. The van der Waals surface area contributed by atoms with E-state index in [0.29, 0.717) is 12.1 Å². The largest absolute Gasteiger partial charge is 0.506 e. The fraction of sp³-hybridized carbons (Fsp3) is 0.167. The first-order valence-electron chi connectivity index (χ1n) is 7.20. The van der Waals surface area contributed by atoms with Crippen molar-refractivity contribution in [2.75, 3.05) is 11.2 Å². The lowest BCUT2D eigenvalue weighted by Crippen LogP contribution is -2.16. The fourth-order valence-corrected chi connectivity index (χ4v) is 5.69. The third-order valence-electron chi connectivity index (χ3n) is 3.78. The summed E-state index contributed by atoms with van der Waals surface area (Å²) in [7, 11) is -20.7. The molecule has 2 aromatic rings. The summed E-state index contributed by atoms with van der Waals surface area (Å²) < 4.78 is 128. The molecule has 14 nitrogen and oxygen atoms in total. The average Bonchev–Trinajstić information content (AvgIpc) is 2.48. The Kier molecular flexibility index (Phi) is 5.87. The van der Waals surface area contributed by atoms with Crippen molar-refractivity contribution in [1.29, 1.82) is 0 Å². The highest BCUT2D eigenvalue weighted by Gasteiger charge is 2.32. The van der Waals surface area contributed by atoms with Crippen molar-refractivity contribution in [2.45, 2.75) is 21.6 Å². The number of hydrogen-bond acceptors (Lipinski definition) is 10. The number of fused-ring (bicyclic) bond motifs is 1. The molecule has 0 aliphatic carbocycles. The summed E-state index contributed by atoms with van der Waals surface area (Å²) in [6.45, 7) is 1.02. The molecule has 0 bridgehead atoms. The molecule has 0 spiro atoms. The second-order valence-corrected chi connectivity index (χ2v) is 11.4. The Morgan fingerprint density at radius 3 is 1.67 bits per heavy atom. The third kappa shape index (κ3) is 4.81. The van der Waals surface area contributed by atoms with Crippen LogP contribution in [-0.2, 0) is 40.5 Å². The number of nitrogens with one attached hydrogen (secondary N) is 1. The summed E-state index contributed by atoms with van der Waals surface area (Å²) in [6.07, 6.45) is 0. The van der Waals surface area contributed by atoms with Crippen molar-refractivity contribution < 1.29 is 57.0 Å². The van der Waals surface area contributed by atoms with E-state index in [9.17, 15) is 52.4 Å². The van der Waals surface area contributed by atoms with Crippen LogP contribution in [0, 0.1) is 6.92 Å². The van der Waals surface area contributed by atoms with Crippen LogP contribution in [0.4, 0.5) is 5.69 Å². The molecule has 0 aromatic heterocycles. The Balaban J connectivity index is 3.16. The summed E-state index contributed by atoms with van der Waals surface area (Å²) in [4.78, 5) is -4.15. The van der Waals surface area contributed by atoms with Gasteiger partial charge in [-0.25, -0.2) is 0 Å². The Hall–Kier alpha value is -2.06. The van der Waals surface area contributed by atoms with E-state index in [1.807, 2.05) is 5.32 Å². The van der Waals surface area contributed by atoms with Crippen molar-refractivity contribution in [3.05, 3.63) is 17.7 Å².